The van der Waals surface area contributed by atoms with E-state index in [9.17, 15) is 8.42 Å². The first-order valence-electron chi connectivity index (χ1n) is 6.62. The topological polar surface area (TPSA) is 96.0 Å². The zero-order chi connectivity index (χ0) is 15.5. The Morgan fingerprint density at radius 2 is 2.05 bits per heavy atom. The lowest BCUT2D eigenvalue weighted by atomic mass is 10.3. The second kappa shape index (κ2) is 6.54. The Kier molecular flexibility index (Phi) is 4.96. The molecular weight excluding hydrogens is 310 g/mol. The van der Waals surface area contributed by atoms with E-state index in [0.29, 0.717) is 11.8 Å². The van der Waals surface area contributed by atoms with E-state index >= 15 is 0 Å². The minimum Gasteiger partial charge on any atom is -0.368 e. The molecule has 2 heterocycles. The first-order chi connectivity index (χ1) is 9.99. The minimum absolute atomic E-state index is 0.00530. The molecule has 0 aliphatic rings. The van der Waals surface area contributed by atoms with Crippen molar-refractivity contribution in [3.63, 3.8) is 0 Å². The van der Waals surface area contributed by atoms with Crippen molar-refractivity contribution < 1.29 is 8.42 Å². The SMILES string of the molecule is CCc1cc2c(NCCS(=O)(=O)NC)nc(NC)nc2s1. The van der Waals surface area contributed by atoms with Crippen molar-refractivity contribution in [3.05, 3.63) is 10.9 Å². The summed E-state index contributed by atoms with van der Waals surface area (Å²) < 4.78 is 25.2. The van der Waals surface area contributed by atoms with Gasteiger partial charge in [0.15, 0.2) is 0 Å². The van der Waals surface area contributed by atoms with Gasteiger partial charge in [0.25, 0.3) is 0 Å². The molecular formula is C12H19N5O2S2. The fourth-order valence-electron chi connectivity index (χ4n) is 1.80. The fraction of sp³-hybridized carbons (Fsp3) is 0.500. The maximum Gasteiger partial charge on any atom is 0.225 e. The molecule has 0 bridgehead atoms. The van der Waals surface area contributed by atoms with Crippen LogP contribution in [0.3, 0.4) is 0 Å². The van der Waals surface area contributed by atoms with Gasteiger partial charge < -0.3 is 10.6 Å². The Hall–Kier alpha value is -1.45. The molecule has 9 heteroatoms. The molecule has 0 unspecified atom stereocenters. The molecule has 3 N–H and O–H groups in total. The molecule has 2 aromatic rings. The number of sulfonamides is 1. The summed E-state index contributed by atoms with van der Waals surface area (Å²) in [5.74, 6) is 1.17. The average Bonchev–Trinajstić information content (AvgIpc) is 2.90. The molecule has 0 aliphatic heterocycles. The number of rotatable bonds is 7. The summed E-state index contributed by atoms with van der Waals surface area (Å²) in [5, 5.41) is 6.93. The Labute approximate surface area is 128 Å². The van der Waals surface area contributed by atoms with Gasteiger partial charge in [-0.2, -0.15) is 4.98 Å². The van der Waals surface area contributed by atoms with Gasteiger partial charge in [0, 0.05) is 18.5 Å². The lowest BCUT2D eigenvalue weighted by Gasteiger charge is -2.08. The van der Waals surface area contributed by atoms with E-state index in [0.717, 1.165) is 16.6 Å². The standard InChI is InChI=1S/C12H19N5O2S2/c1-4-8-7-9-10(15-5-6-21(18,19)14-3)16-12(13-2)17-11(9)20-8/h7,14H,4-6H2,1-3H3,(H2,13,15,16,17). The van der Waals surface area contributed by atoms with Gasteiger partial charge in [-0.3, -0.25) is 0 Å². The van der Waals surface area contributed by atoms with Gasteiger partial charge in [-0.05, 0) is 19.5 Å². The van der Waals surface area contributed by atoms with Gasteiger partial charge in [-0.25, -0.2) is 18.1 Å². The number of aromatic nitrogens is 2. The fourth-order valence-corrected chi connectivity index (χ4v) is 3.34. The maximum absolute atomic E-state index is 11.4. The summed E-state index contributed by atoms with van der Waals surface area (Å²) in [7, 11) is -0.0658. The molecule has 0 saturated carbocycles. The van der Waals surface area contributed by atoms with Gasteiger partial charge in [-0.15, -0.1) is 11.3 Å². The lowest BCUT2D eigenvalue weighted by Crippen LogP contribution is -2.26. The van der Waals surface area contributed by atoms with Crippen molar-refractivity contribution in [1.29, 1.82) is 0 Å². The molecule has 0 spiro atoms. The highest BCUT2D eigenvalue weighted by molar-refractivity contribution is 7.89. The number of nitrogens with one attached hydrogen (secondary N) is 3. The van der Waals surface area contributed by atoms with Crippen LogP contribution in [0.25, 0.3) is 10.2 Å². The molecule has 7 nitrogen and oxygen atoms in total. The highest BCUT2D eigenvalue weighted by atomic mass is 32.2. The van der Waals surface area contributed by atoms with Crippen LogP contribution in [0.15, 0.2) is 6.07 Å². The van der Waals surface area contributed by atoms with Gasteiger partial charge in [0.2, 0.25) is 16.0 Å². The van der Waals surface area contributed by atoms with E-state index in [1.54, 1.807) is 18.4 Å². The molecule has 0 saturated heterocycles. The third kappa shape index (κ3) is 3.80. The summed E-state index contributed by atoms with van der Waals surface area (Å²) >= 11 is 1.62. The van der Waals surface area contributed by atoms with Crippen molar-refractivity contribution in [3.8, 4) is 0 Å². The van der Waals surface area contributed by atoms with Crippen LogP contribution >= 0.6 is 11.3 Å². The van der Waals surface area contributed by atoms with Crippen molar-refractivity contribution in [1.82, 2.24) is 14.7 Å². The molecule has 116 valence electrons. The number of hydrogen-bond donors (Lipinski definition) is 3. The quantitative estimate of drug-likeness (QED) is 0.708. The first-order valence-corrected chi connectivity index (χ1v) is 9.09. The van der Waals surface area contributed by atoms with E-state index in [4.69, 9.17) is 0 Å². The van der Waals surface area contributed by atoms with Crippen molar-refractivity contribution >= 4 is 43.3 Å². The Morgan fingerprint density at radius 3 is 2.67 bits per heavy atom. The monoisotopic (exact) mass is 329 g/mol. The third-order valence-corrected chi connectivity index (χ3v) is 5.53. The van der Waals surface area contributed by atoms with E-state index in [1.165, 1.54) is 11.9 Å². The lowest BCUT2D eigenvalue weighted by molar-refractivity contribution is 0.588. The number of fused-ring (bicyclic) bond motifs is 1. The molecule has 2 aromatic heterocycles. The van der Waals surface area contributed by atoms with Gasteiger partial charge >= 0.3 is 0 Å². The normalized spacial score (nSPS) is 11.8. The molecule has 0 aliphatic carbocycles. The van der Waals surface area contributed by atoms with Crippen LogP contribution in [0.4, 0.5) is 11.8 Å². The molecule has 0 atom stereocenters. The first kappa shape index (κ1) is 15.9. The molecule has 2 rings (SSSR count). The summed E-state index contributed by atoms with van der Waals surface area (Å²) in [6, 6.07) is 2.05. The predicted octanol–water partition coefficient (Wildman–Crippen LogP) is 1.26. The van der Waals surface area contributed by atoms with Crippen LogP contribution in [0.2, 0.25) is 0 Å². The summed E-state index contributed by atoms with van der Waals surface area (Å²) in [4.78, 5) is 10.9. The number of anilines is 2. The zero-order valence-corrected chi connectivity index (χ0v) is 13.9. The predicted molar refractivity (Wildman–Crippen MR) is 87.7 cm³/mol. The number of nitrogens with zero attached hydrogens (tertiary/aromatic N) is 2. The Balaban J connectivity index is 2.26. The van der Waals surface area contributed by atoms with E-state index < -0.39 is 10.0 Å². The van der Waals surface area contributed by atoms with E-state index in [-0.39, 0.29) is 12.3 Å². The molecule has 0 radical (unpaired) electrons. The van der Waals surface area contributed by atoms with Gasteiger partial charge in [0.05, 0.1) is 11.1 Å². The average molecular weight is 329 g/mol. The minimum atomic E-state index is -3.23. The summed E-state index contributed by atoms with van der Waals surface area (Å²) in [6.07, 6.45) is 0.934. The Morgan fingerprint density at radius 1 is 1.29 bits per heavy atom. The second-order valence-corrected chi connectivity index (χ2v) is 7.54. The van der Waals surface area contributed by atoms with Crippen LogP contribution in [0.1, 0.15) is 11.8 Å². The largest absolute Gasteiger partial charge is 0.368 e. The van der Waals surface area contributed by atoms with E-state index in [2.05, 4.69) is 32.2 Å². The summed E-state index contributed by atoms with van der Waals surface area (Å²) in [5.41, 5.74) is 0. The molecule has 0 aromatic carbocycles. The molecule has 21 heavy (non-hydrogen) atoms. The van der Waals surface area contributed by atoms with Crippen molar-refractivity contribution in [2.75, 3.05) is 37.0 Å². The number of aryl methyl sites for hydroxylation is 1. The van der Waals surface area contributed by atoms with Crippen molar-refractivity contribution in [2.45, 2.75) is 13.3 Å². The third-order valence-electron chi connectivity index (χ3n) is 2.99. The highest BCUT2D eigenvalue weighted by Gasteiger charge is 2.12. The summed E-state index contributed by atoms with van der Waals surface area (Å²) in [6.45, 7) is 2.37. The van der Waals surface area contributed by atoms with E-state index in [1.807, 2.05) is 6.07 Å². The van der Waals surface area contributed by atoms with Crippen molar-refractivity contribution in [2.24, 2.45) is 0 Å². The van der Waals surface area contributed by atoms with Crippen LogP contribution in [-0.4, -0.2) is 44.8 Å². The maximum atomic E-state index is 11.4. The van der Waals surface area contributed by atoms with Gasteiger partial charge in [0.1, 0.15) is 10.6 Å². The molecule has 0 amide bonds. The van der Waals surface area contributed by atoms with Crippen LogP contribution in [0.5, 0.6) is 0 Å². The van der Waals surface area contributed by atoms with Gasteiger partial charge in [-0.1, -0.05) is 6.92 Å². The number of thiophene rings is 1. The zero-order valence-electron chi connectivity index (χ0n) is 12.2. The second-order valence-electron chi connectivity index (χ2n) is 4.38. The molecule has 0 fully saturated rings. The van der Waals surface area contributed by atoms with Crippen LogP contribution in [-0.2, 0) is 16.4 Å². The smallest absolute Gasteiger partial charge is 0.225 e. The highest BCUT2D eigenvalue weighted by Crippen LogP contribution is 2.30. The number of hydrogen-bond acceptors (Lipinski definition) is 7. The van der Waals surface area contributed by atoms with Crippen LogP contribution in [0, 0.1) is 0 Å². The Bertz CT molecular complexity index is 727. The van der Waals surface area contributed by atoms with Crippen LogP contribution < -0.4 is 15.4 Å².